The number of aliphatic hydroxyl groups is 1. The highest BCUT2D eigenvalue weighted by molar-refractivity contribution is 7.86. The van der Waals surface area contributed by atoms with E-state index in [-0.39, 0.29) is 37.6 Å². The first-order valence-corrected chi connectivity index (χ1v) is 10.0. The van der Waals surface area contributed by atoms with E-state index in [0.29, 0.717) is 9.92 Å². The molecule has 0 aromatic heterocycles. The number of halogens is 3. The van der Waals surface area contributed by atoms with E-state index in [1.807, 2.05) is 0 Å². The van der Waals surface area contributed by atoms with Crippen molar-refractivity contribution in [2.75, 3.05) is 19.8 Å². The minimum absolute atomic E-state index is 0.0298. The summed E-state index contributed by atoms with van der Waals surface area (Å²) >= 11 is 5.93. The predicted octanol–water partition coefficient (Wildman–Crippen LogP) is 3.41. The molecule has 2 heterocycles. The van der Waals surface area contributed by atoms with Crippen LogP contribution in [-0.4, -0.2) is 35.2 Å². The molecule has 1 saturated heterocycles. The van der Waals surface area contributed by atoms with Gasteiger partial charge in [0.2, 0.25) is 0 Å². The molecule has 4 rings (SSSR count). The predicted molar refractivity (Wildman–Crippen MR) is 96.3 cm³/mol. The van der Waals surface area contributed by atoms with E-state index in [4.69, 9.17) is 21.1 Å². The summed E-state index contributed by atoms with van der Waals surface area (Å²) in [6.45, 7) is -0.200. The summed E-state index contributed by atoms with van der Waals surface area (Å²) in [6, 6.07) is 8.44. The summed E-state index contributed by atoms with van der Waals surface area (Å²) in [6.07, 6.45) is -0.481. The van der Waals surface area contributed by atoms with E-state index in [0.717, 1.165) is 12.1 Å². The van der Waals surface area contributed by atoms with Crippen LogP contribution in [-0.2, 0) is 20.3 Å². The van der Waals surface area contributed by atoms with Gasteiger partial charge in [0.15, 0.2) is 11.6 Å². The van der Waals surface area contributed by atoms with Crippen molar-refractivity contribution < 1.29 is 27.6 Å². The number of hydrogen-bond acceptors (Lipinski definition) is 4. The normalized spacial score (nSPS) is 28.0. The van der Waals surface area contributed by atoms with Gasteiger partial charge in [-0.1, -0.05) is 11.6 Å². The van der Waals surface area contributed by atoms with Gasteiger partial charge in [-0.25, -0.2) is 8.78 Å². The third kappa shape index (κ3) is 2.88. The van der Waals surface area contributed by atoms with Gasteiger partial charge in [0.1, 0.15) is 5.82 Å². The van der Waals surface area contributed by atoms with Crippen LogP contribution in [0, 0.1) is 17.6 Å². The first-order chi connectivity index (χ1) is 13.0. The van der Waals surface area contributed by atoms with Gasteiger partial charge in [-0.3, -0.25) is 4.21 Å². The molecule has 144 valence electrons. The molecular formula is C19H17ClF2O4S. The summed E-state index contributed by atoms with van der Waals surface area (Å²) < 4.78 is 52.9. The third-order valence-corrected chi connectivity index (χ3v) is 7.61. The molecule has 1 N–H and O–H groups in total. The number of ether oxygens (including phenoxy) is 2. The van der Waals surface area contributed by atoms with Gasteiger partial charge in [0.25, 0.3) is 0 Å². The molecule has 0 amide bonds. The number of aliphatic hydroxyl groups excluding tert-OH is 1. The van der Waals surface area contributed by atoms with Crippen molar-refractivity contribution in [3.05, 3.63) is 58.6 Å². The van der Waals surface area contributed by atoms with Crippen molar-refractivity contribution in [2.45, 2.75) is 22.2 Å². The first kappa shape index (κ1) is 18.8. The van der Waals surface area contributed by atoms with Crippen molar-refractivity contribution in [1.82, 2.24) is 0 Å². The molecule has 0 saturated carbocycles. The Hall–Kier alpha value is -1.54. The maximum absolute atomic E-state index is 14.9. The van der Waals surface area contributed by atoms with E-state index >= 15 is 0 Å². The van der Waals surface area contributed by atoms with E-state index < -0.39 is 39.2 Å². The zero-order valence-corrected chi connectivity index (χ0v) is 15.7. The Balaban J connectivity index is 1.96. The molecule has 27 heavy (non-hydrogen) atoms. The van der Waals surface area contributed by atoms with Crippen LogP contribution >= 0.6 is 11.6 Å². The van der Waals surface area contributed by atoms with E-state index in [2.05, 4.69) is 0 Å². The Morgan fingerprint density at radius 1 is 1.19 bits per heavy atom. The van der Waals surface area contributed by atoms with E-state index in [1.165, 1.54) is 0 Å². The molecule has 2 aromatic carbocycles. The number of hydrogen-bond donors (Lipinski definition) is 1. The lowest BCUT2D eigenvalue weighted by molar-refractivity contribution is -0.0923. The Kier molecular flexibility index (Phi) is 4.96. The zero-order valence-electron chi connectivity index (χ0n) is 14.2. The molecule has 0 aliphatic carbocycles. The Bertz CT molecular complexity index is 892. The molecule has 2 unspecified atom stereocenters. The first-order valence-electron chi connectivity index (χ1n) is 8.50. The third-order valence-electron chi connectivity index (χ3n) is 5.28. The maximum atomic E-state index is 14.9. The second-order valence-corrected chi connectivity index (χ2v) is 8.78. The van der Waals surface area contributed by atoms with Crippen LogP contribution in [0.2, 0.25) is 5.02 Å². The largest absolute Gasteiger partial charge is 0.490 e. The molecular weight excluding hydrogens is 398 g/mol. The van der Waals surface area contributed by atoms with Gasteiger partial charge in [-0.15, -0.1) is 0 Å². The smallest absolute Gasteiger partial charge is 0.165 e. The lowest BCUT2D eigenvalue weighted by Gasteiger charge is -2.49. The van der Waals surface area contributed by atoms with Crippen LogP contribution in [0.25, 0.3) is 0 Å². The number of rotatable bonds is 3. The summed E-state index contributed by atoms with van der Waals surface area (Å²) in [5.41, 5.74) is -0.0474. The lowest BCUT2D eigenvalue weighted by Crippen LogP contribution is -2.56. The van der Waals surface area contributed by atoms with Crippen molar-refractivity contribution >= 4 is 22.4 Å². The quantitative estimate of drug-likeness (QED) is 0.836. The highest BCUT2D eigenvalue weighted by Crippen LogP contribution is 2.53. The molecule has 0 radical (unpaired) electrons. The lowest BCUT2D eigenvalue weighted by atomic mass is 9.76. The maximum Gasteiger partial charge on any atom is 0.165 e. The summed E-state index contributed by atoms with van der Waals surface area (Å²) in [7, 11) is -1.75. The Labute approximate surface area is 162 Å². The zero-order chi connectivity index (χ0) is 19.2. The second-order valence-electron chi connectivity index (χ2n) is 6.60. The van der Waals surface area contributed by atoms with Crippen LogP contribution in [0.15, 0.2) is 41.3 Å². The molecule has 0 bridgehead atoms. The summed E-state index contributed by atoms with van der Waals surface area (Å²) in [5.74, 6) is -2.20. The molecule has 4 atom stereocenters. The molecule has 2 aliphatic heterocycles. The number of fused-ring (bicyclic) bond motifs is 3. The van der Waals surface area contributed by atoms with Crippen molar-refractivity contribution in [2.24, 2.45) is 5.92 Å². The molecule has 8 heteroatoms. The van der Waals surface area contributed by atoms with Gasteiger partial charge in [0, 0.05) is 22.4 Å². The Morgan fingerprint density at radius 2 is 1.89 bits per heavy atom. The van der Waals surface area contributed by atoms with Crippen LogP contribution in [0.1, 0.15) is 12.0 Å². The van der Waals surface area contributed by atoms with Gasteiger partial charge < -0.3 is 14.6 Å². The van der Waals surface area contributed by atoms with Crippen LogP contribution in [0.3, 0.4) is 0 Å². The standard InChI is InChI=1S/C19H17ClF2O4S/c20-11-1-3-12(4-2-11)27(24)19-7-8-25-16(9-23)13(19)10-26-18-15(22)6-5-14(21)17(18)19/h1-6,13,16,23H,7-10H2/t13?,16-,19-,27?/m0/s1. The molecule has 1 fully saturated rings. The number of benzene rings is 2. The minimum Gasteiger partial charge on any atom is -0.490 e. The second kappa shape index (κ2) is 7.13. The minimum atomic E-state index is -1.75. The molecule has 4 nitrogen and oxygen atoms in total. The van der Waals surface area contributed by atoms with E-state index in [9.17, 15) is 18.1 Å². The molecule has 2 aromatic rings. The molecule has 0 spiro atoms. The fraction of sp³-hybridized carbons (Fsp3) is 0.368. The van der Waals surface area contributed by atoms with Gasteiger partial charge in [0.05, 0.1) is 40.4 Å². The van der Waals surface area contributed by atoms with Gasteiger partial charge in [-0.2, -0.15) is 0 Å². The van der Waals surface area contributed by atoms with Crippen molar-refractivity contribution in [3.63, 3.8) is 0 Å². The average molecular weight is 415 g/mol. The van der Waals surface area contributed by atoms with Crippen LogP contribution in [0.4, 0.5) is 8.78 Å². The topological polar surface area (TPSA) is 55.8 Å². The van der Waals surface area contributed by atoms with Gasteiger partial charge >= 0.3 is 0 Å². The summed E-state index contributed by atoms with van der Waals surface area (Å²) in [5, 5.41) is 10.2. The average Bonchev–Trinajstić information content (AvgIpc) is 2.69. The summed E-state index contributed by atoms with van der Waals surface area (Å²) in [4.78, 5) is 0.444. The fourth-order valence-corrected chi connectivity index (χ4v) is 6.10. The van der Waals surface area contributed by atoms with Crippen molar-refractivity contribution in [1.29, 1.82) is 0 Å². The monoisotopic (exact) mass is 414 g/mol. The fourth-order valence-electron chi connectivity index (χ4n) is 4.03. The molecule has 2 aliphatic rings. The SMILES string of the molecule is O=S(c1ccc(Cl)cc1)[C@@]12CCO[C@@H](CO)C1COc1c(F)ccc(F)c12. The van der Waals surface area contributed by atoms with Crippen LogP contribution < -0.4 is 4.74 Å². The van der Waals surface area contributed by atoms with E-state index in [1.54, 1.807) is 24.3 Å². The van der Waals surface area contributed by atoms with Crippen LogP contribution in [0.5, 0.6) is 5.75 Å². The van der Waals surface area contributed by atoms with Crippen molar-refractivity contribution in [3.8, 4) is 5.75 Å². The van der Waals surface area contributed by atoms with Gasteiger partial charge in [-0.05, 0) is 42.8 Å². The Morgan fingerprint density at radius 3 is 2.59 bits per heavy atom. The highest BCUT2D eigenvalue weighted by Gasteiger charge is 2.57. The highest BCUT2D eigenvalue weighted by atomic mass is 35.5.